The average molecular weight is 556 g/mol. The Bertz CT molecular complexity index is 1390. The number of hydrogen-bond donors (Lipinski definition) is 2. The SMILES string of the molecule is Cc1ccc(C(=O)Nc2ccc(CN3CCN(C)CC3)c(C(F)(F)F)c2)cc1CC(=O)N(C)c1cc(N)ncn1. The van der Waals surface area contributed by atoms with E-state index in [1.807, 2.05) is 18.9 Å². The zero-order valence-electron chi connectivity index (χ0n) is 22.6. The van der Waals surface area contributed by atoms with E-state index in [2.05, 4.69) is 20.2 Å². The molecule has 2 aromatic carbocycles. The van der Waals surface area contributed by atoms with Crippen LogP contribution in [0.15, 0.2) is 48.8 Å². The largest absolute Gasteiger partial charge is 0.416 e. The molecule has 2 heterocycles. The molecule has 212 valence electrons. The fourth-order valence-electron chi connectivity index (χ4n) is 4.46. The van der Waals surface area contributed by atoms with Crippen LogP contribution in [0.1, 0.15) is 32.6 Å². The summed E-state index contributed by atoms with van der Waals surface area (Å²) in [6.07, 6.45) is -3.33. The first-order valence-electron chi connectivity index (χ1n) is 12.8. The minimum atomic E-state index is -4.57. The third-order valence-electron chi connectivity index (χ3n) is 7.01. The highest BCUT2D eigenvalue weighted by Gasteiger charge is 2.34. The number of nitrogens with zero attached hydrogens (tertiary/aromatic N) is 5. The van der Waals surface area contributed by atoms with Crippen molar-refractivity contribution in [2.75, 3.05) is 56.2 Å². The molecular weight excluding hydrogens is 523 g/mol. The molecule has 12 heteroatoms. The highest BCUT2D eigenvalue weighted by molar-refractivity contribution is 6.04. The number of rotatable bonds is 7. The van der Waals surface area contributed by atoms with E-state index in [1.54, 1.807) is 25.2 Å². The summed E-state index contributed by atoms with van der Waals surface area (Å²) in [4.78, 5) is 39.2. The monoisotopic (exact) mass is 555 g/mol. The summed E-state index contributed by atoms with van der Waals surface area (Å²) in [5.74, 6) is -0.309. The third-order valence-corrected chi connectivity index (χ3v) is 7.01. The van der Waals surface area contributed by atoms with Crippen molar-refractivity contribution >= 4 is 29.1 Å². The Hall–Kier alpha value is -4.03. The Kier molecular flexibility index (Phi) is 8.70. The van der Waals surface area contributed by atoms with Gasteiger partial charge in [0.25, 0.3) is 5.91 Å². The number of benzene rings is 2. The van der Waals surface area contributed by atoms with Crippen LogP contribution >= 0.6 is 0 Å². The number of halogens is 3. The predicted octanol–water partition coefficient (Wildman–Crippen LogP) is 3.59. The van der Waals surface area contributed by atoms with Crippen molar-refractivity contribution in [2.24, 2.45) is 0 Å². The first-order chi connectivity index (χ1) is 18.9. The molecule has 0 atom stereocenters. The van der Waals surface area contributed by atoms with Gasteiger partial charge in [0.15, 0.2) is 0 Å². The lowest BCUT2D eigenvalue weighted by atomic mass is 10.0. The number of carbonyl (C=O) groups excluding carboxylic acids is 2. The number of amides is 2. The van der Waals surface area contributed by atoms with Crippen LogP contribution < -0.4 is 16.0 Å². The van der Waals surface area contributed by atoms with Crippen LogP contribution in [0.4, 0.5) is 30.5 Å². The van der Waals surface area contributed by atoms with Crippen LogP contribution in [0.5, 0.6) is 0 Å². The lowest BCUT2D eigenvalue weighted by Gasteiger charge is -2.33. The van der Waals surface area contributed by atoms with E-state index < -0.39 is 17.6 Å². The van der Waals surface area contributed by atoms with Crippen LogP contribution in [-0.4, -0.2) is 71.9 Å². The zero-order valence-corrected chi connectivity index (χ0v) is 22.6. The van der Waals surface area contributed by atoms with E-state index in [4.69, 9.17) is 5.73 Å². The molecule has 9 nitrogen and oxygen atoms in total. The fraction of sp³-hybridized carbons (Fsp3) is 0.357. The molecule has 0 saturated carbocycles. The van der Waals surface area contributed by atoms with Crippen molar-refractivity contribution < 1.29 is 22.8 Å². The molecular formula is C28H32F3N7O2. The summed E-state index contributed by atoms with van der Waals surface area (Å²) >= 11 is 0. The zero-order chi connectivity index (χ0) is 29.0. The van der Waals surface area contributed by atoms with Crippen molar-refractivity contribution in [1.82, 2.24) is 19.8 Å². The maximum Gasteiger partial charge on any atom is 0.416 e. The van der Waals surface area contributed by atoms with Gasteiger partial charge in [-0.25, -0.2) is 9.97 Å². The van der Waals surface area contributed by atoms with Gasteiger partial charge in [-0.05, 0) is 54.9 Å². The Morgan fingerprint density at radius 1 is 1.02 bits per heavy atom. The second-order valence-electron chi connectivity index (χ2n) is 9.98. The Labute approximate surface area is 230 Å². The number of nitrogens with two attached hydrogens (primary N) is 1. The standard InChI is InChI=1S/C28H32F3N7O2/c1-18-4-5-19(12-21(18)13-26(39)37(3)25-15-24(32)33-17-34-25)27(40)35-22-7-6-20(23(14-22)28(29,30)31)16-38-10-8-36(2)9-11-38/h4-7,12,14-15,17H,8-11,13,16H2,1-3H3,(H,35,40)(H2,32,33,34). The molecule has 0 aliphatic carbocycles. The molecule has 4 rings (SSSR count). The first-order valence-corrected chi connectivity index (χ1v) is 12.8. The van der Waals surface area contributed by atoms with E-state index in [-0.39, 0.29) is 41.5 Å². The summed E-state index contributed by atoms with van der Waals surface area (Å²) in [6, 6.07) is 10.2. The summed E-state index contributed by atoms with van der Waals surface area (Å²) in [7, 11) is 3.54. The van der Waals surface area contributed by atoms with E-state index in [0.29, 0.717) is 24.5 Å². The maximum absolute atomic E-state index is 13.9. The van der Waals surface area contributed by atoms with Gasteiger partial charge in [0.1, 0.15) is 18.0 Å². The quantitative estimate of drug-likeness (QED) is 0.459. The number of nitrogen functional groups attached to an aromatic ring is 1. The number of likely N-dealkylation sites (N-methyl/N-ethyl adjacent to an activating group) is 2. The number of carbonyl (C=O) groups is 2. The number of aromatic nitrogens is 2. The van der Waals surface area contributed by atoms with Crippen LogP contribution in [0.2, 0.25) is 0 Å². The van der Waals surface area contributed by atoms with Crippen molar-refractivity contribution in [3.63, 3.8) is 0 Å². The first kappa shape index (κ1) is 29.0. The molecule has 1 aliphatic rings. The normalized spacial score (nSPS) is 14.7. The van der Waals surface area contributed by atoms with Gasteiger partial charge in [0, 0.05) is 57.1 Å². The van der Waals surface area contributed by atoms with Crippen LogP contribution in [0.25, 0.3) is 0 Å². The summed E-state index contributed by atoms with van der Waals surface area (Å²) in [5, 5.41) is 2.58. The van der Waals surface area contributed by atoms with Crippen molar-refractivity contribution in [2.45, 2.75) is 26.1 Å². The van der Waals surface area contributed by atoms with Crippen LogP contribution in [0, 0.1) is 6.92 Å². The summed E-state index contributed by atoms with van der Waals surface area (Å²) in [5.41, 5.74) is 6.72. The molecule has 2 amide bonds. The molecule has 0 spiro atoms. The Balaban J connectivity index is 1.48. The van der Waals surface area contributed by atoms with Crippen LogP contribution in [-0.2, 0) is 23.9 Å². The number of nitrogens with one attached hydrogen (secondary N) is 1. The summed E-state index contributed by atoms with van der Waals surface area (Å²) in [6.45, 7) is 4.96. The van der Waals surface area contributed by atoms with E-state index in [1.165, 1.54) is 29.4 Å². The van der Waals surface area contributed by atoms with Gasteiger partial charge in [0.2, 0.25) is 5.91 Å². The van der Waals surface area contributed by atoms with Gasteiger partial charge >= 0.3 is 6.18 Å². The molecule has 0 unspecified atom stereocenters. The molecule has 0 bridgehead atoms. The number of aryl methyl sites for hydroxylation is 1. The molecule has 3 N–H and O–H groups in total. The van der Waals surface area contributed by atoms with E-state index >= 15 is 0 Å². The highest BCUT2D eigenvalue weighted by atomic mass is 19.4. The van der Waals surface area contributed by atoms with Gasteiger partial charge < -0.3 is 16.0 Å². The average Bonchev–Trinajstić information content (AvgIpc) is 2.91. The fourth-order valence-corrected chi connectivity index (χ4v) is 4.46. The highest BCUT2D eigenvalue weighted by Crippen LogP contribution is 2.35. The molecule has 1 aromatic heterocycles. The predicted molar refractivity (Wildman–Crippen MR) is 147 cm³/mol. The van der Waals surface area contributed by atoms with Crippen molar-refractivity contribution in [1.29, 1.82) is 0 Å². The van der Waals surface area contributed by atoms with Gasteiger partial charge in [-0.3, -0.25) is 19.4 Å². The van der Waals surface area contributed by atoms with E-state index in [0.717, 1.165) is 24.7 Å². The lowest BCUT2D eigenvalue weighted by Crippen LogP contribution is -2.44. The smallest absolute Gasteiger partial charge is 0.384 e. The van der Waals surface area contributed by atoms with Gasteiger partial charge in [-0.15, -0.1) is 0 Å². The summed E-state index contributed by atoms with van der Waals surface area (Å²) < 4.78 is 41.8. The molecule has 1 saturated heterocycles. The molecule has 0 radical (unpaired) electrons. The number of hydrogen-bond acceptors (Lipinski definition) is 7. The minimum absolute atomic E-state index is 0.0213. The van der Waals surface area contributed by atoms with Crippen molar-refractivity contribution in [3.8, 4) is 0 Å². The molecule has 1 aliphatic heterocycles. The number of piperazine rings is 1. The van der Waals surface area contributed by atoms with Gasteiger partial charge in [-0.1, -0.05) is 12.1 Å². The maximum atomic E-state index is 13.9. The van der Waals surface area contributed by atoms with Gasteiger partial charge in [0.05, 0.1) is 12.0 Å². The molecule has 40 heavy (non-hydrogen) atoms. The lowest BCUT2D eigenvalue weighted by molar-refractivity contribution is -0.138. The Morgan fingerprint density at radius 3 is 2.42 bits per heavy atom. The van der Waals surface area contributed by atoms with Crippen LogP contribution in [0.3, 0.4) is 0 Å². The van der Waals surface area contributed by atoms with Gasteiger partial charge in [-0.2, -0.15) is 13.2 Å². The Morgan fingerprint density at radius 2 is 1.75 bits per heavy atom. The third kappa shape index (κ3) is 7.13. The second-order valence-corrected chi connectivity index (χ2v) is 9.98. The molecule has 3 aromatic rings. The second kappa shape index (κ2) is 12.0. The topological polar surface area (TPSA) is 108 Å². The number of anilines is 3. The molecule has 1 fully saturated rings. The van der Waals surface area contributed by atoms with Crippen molar-refractivity contribution in [3.05, 3.63) is 76.6 Å². The van der Waals surface area contributed by atoms with E-state index in [9.17, 15) is 22.8 Å². The number of alkyl halides is 3. The minimum Gasteiger partial charge on any atom is -0.384 e.